The minimum absolute atomic E-state index is 0.113. The number of aromatic nitrogens is 3. The van der Waals surface area contributed by atoms with Crippen LogP contribution in [0.3, 0.4) is 0 Å². The van der Waals surface area contributed by atoms with Gasteiger partial charge in [0.05, 0.1) is 32.7 Å². The summed E-state index contributed by atoms with van der Waals surface area (Å²) in [6.45, 7) is 6.83. The molecule has 5 aromatic rings. The molecule has 0 saturated carbocycles. The van der Waals surface area contributed by atoms with Gasteiger partial charge in [-0.05, 0) is 117 Å². The third-order valence-corrected chi connectivity index (χ3v) is 14.5. The van der Waals surface area contributed by atoms with Crippen molar-refractivity contribution >= 4 is 67.8 Å². The summed E-state index contributed by atoms with van der Waals surface area (Å²) in [7, 11) is -3.69. The van der Waals surface area contributed by atoms with Crippen LogP contribution in [0.2, 0.25) is 0 Å². The molecule has 3 aliphatic rings. The molecule has 3 saturated heterocycles. The van der Waals surface area contributed by atoms with Gasteiger partial charge in [-0.1, -0.05) is 25.1 Å². The van der Waals surface area contributed by atoms with Crippen molar-refractivity contribution in [2.24, 2.45) is 5.92 Å². The summed E-state index contributed by atoms with van der Waals surface area (Å²) in [5.41, 5.74) is 4.97. The Balaban J connectivity index is 0.807. The molecular formula is C46H52FN9O5S2. The molecule has 14 nitrogen and oxygen atoms in total. The van der Waals surface area contributed by atoms with Gasteiger partial charge >= 0.3 is 0 Å². The van der Waals surface area contributed by atoms with Gasteiger partial charge in [-0.25, -0.2) is 27.8 Å². The first-order valence-corrected chi connectivity index (χ1v) is 24.1. The molecule has 8 rings (SSSR count). The number of imide groups is 1. The fraction of sp³-hybridized carbons (Fsp3) is 0.391. The van der Waals surface area contributed by atoms with Crippen LogP contribution in [-0.2, 0) is 24.4 Å². The van der Waals surface area contributed by atoms with Crippen molar-refractivity contribution in [3.05, 3.63) is 95.4 Å². The Bertz CT molecular complexity index is 2560. The zero-order valence-electron chi connectivity index (χ0n) is 35.4. The highest BCUT2D eigenvalue weighted by atomic mass is 32.2. The zero-order chi connectivity index (χ0) is 44.1. The van der Waals surface area contributed by atoms with E-state index in [1.807, 2.05) is 36.1 Å². The van der Waals surface area contributed by atoms with Crippen molar-refractivity contribution in [3.8, 4) is 21.8 Å². The maximum absolute atomic E-state index is 15.8. The number of rotatable bonds is 14. The highest BCUT2D eigenvalue weighted by molar-refractivity contribution is 7.92. The lowest BCUT2D eigenvalue weighted by atomic mass is 9.88. The van der Waals surface area contributed by atoms with E-state index < -0.39 is 21.9 Å². The van der Waals surface area contributed by atoms with Gasteiger partial charge in [0.15, 0.2) is 5.82 Å². The van der Waals surface area contributed by atoms with Crippen LogP contribution < -0.4 is 25.6 Å². The molecule has 330 valence electrons. The summed E-state index contributed by atoms with van der Waals surface area (Å²) >= 11 is 1.37. The number of aryl methyl sites for hydroxylation is 1. The lowest BCUT2D eigenvalue weighted by Crippen LogP contribution is -2.47. The molecule has 3 amide bonds. The molecule has 5 heterocycles. The van der Waals surface area contributed by atoms with E-state index in [2.05, 4.69) is 59.8 Å². The molecule has 17 heteroatoms. The molecule has 63 heavy (non-hydrogen) atoms. The van der Waals surface area contributed by atoms with Crippen molar-refractivity contribution in [3.63, 3.8) is 0 Å². The van der Waals surface area contributed by atoms with Gasteiger partial charge in [0, 0.05) is 67.8 Å². The van der Waals surface area contributed by atoms with E-state index in [9.17, 15) is 22.8 Å². The first kappa shape index (κ1) is 43.7. The average Bonchev–Trinajstić information content (AvgIpc) is 3.67. The summed E-state index contributed by atoms with van der Waals surface area (Å²) < 4.78 is 43.0. The number of benzene rings is 3. The first-order chi connectivity index (χ1) is 30.4. The lowest BCUT2D eigenvalue weighted by Gasteiger charge is -2.36. The van der Waals surface area contributed by atoms with E-state index in [4.69, 9.17) is 4.98 Å². The highest BCUT2D eigenvalue weighted by Gasteiger charge is 2.29. The van der Waals surface area contributed by atoms with Crippen LogP contribution in [0.5, 0.6) is 0 Å². The molecule has 1 atom stereocenters. The van der Waals surface area contributed by atoms with Crippen LogP contribution in [0.1, 0.15) is 74.8 Å². The van der Waals surface area contributed by atoms with E-state index in [0.29, 0.717) is 64.7 Å². The van der Waals surface area contributed by atoms with Crippen LogP contribution in [0.15, 0.2) is 79.0 Å². The van der Waals surface area contributed by atoms with Gasteiger partial charge in [0.1, 0.15) is 6.04 Å². The Morgan fingerprint density at radius 2 is 1.63 bits per heavy atom. The van der Waals surface area contributed by atoms with E-state index in [0.717, 1.165) is 68.9 Å². The minimum atomic E-state index is -3.69. The average molecular weight is 894 g/mol. The van der Waals surface area contributed by atoms with Crippen molar-refractivity contribution < 1.29 is 27.2 Å². The minimum Gasteiger partial charge on any atom is -0.374 e. The Morgan fingerprint density at radius 1 is 0.905 bits per heavy atom. The molecule has 3 aromatic carbocycles. The van der Waals surface area contributed by atoms with Crippen LogP contribution in [0.25, 0.3) is 21.8 Å². The van der Waals surface area contributed by atoms with Crippen LogP contribution in [-0.4, -0.2) is 84.0 Å². The van der Waals surface area contributed by atoms with Crippen molar-refractivity contribution in [2.75, 3.05) is 52.2 Å². The van der Waals surface area contributed by atoms with E-state index in [1.165, 1.54) is 23.0 Å². The van der Waals surface area contributed by atoms with Gasteiger partial charge in [-0.2, -0.15) is 0 Å². The van der Waals surface area contributed by atoms with Gasteiger partial charge in [-0.15, -0.1) is 11.3 Å². The highest BCUT2D eigenvalue weighted by Crippen LogP contribution is 2.39. The van der Waals surface area contributed by atoms with Gasteiger partial charge in [0.25, 0.3) is 0 Å². The second-order valence-corrected chi connectivity index (χ2v) is 19.5. The standard InChI is InChI=1S/C46H52FN9O5S2/c1-3-27-63(60,61)54-37-6-4-5-36(42(37)47)43-44(62-29(2)49-43)38-17-22-48-46(52-38)51-34-9-7-31(8-10-34)32-20-25-56(26-21-32)41(58)28-30-18-23-55(24-19-30)35-13-11-33(12-14-35)50-39-15-16-40(57)53-45(39)59/h4-14,17,22,30,32,39,50,54H,3,15-16,18-21,23-28H2,1-2H3,(H,48,51,52)(H,53,57,59)/t39-/m0/s1. The molecular weight excluding hydrogens is 842 g/mol. The summed E-state index contributed by atoms with van der Waals surface area (Å²) in [6, 6.07) is 22.2. The topological polar surface area (TPSA) is 179 Å². The van der Waals surface area contributed by atoms with Crippen LogP contribution >= 0.6 is 11.3 Å². The number of hydrogen-bond acceptors (Lipinski definition) is 12. The number of likely N-dealkylation sites (tertiary alicyclic amines) is 1. The summed E-state index contributed by atoms with van der Waals surface area (Å²) in [6.07, 6.45) is 7.17. The van der Waals surface area contributed by atoms with Gasteiger partial charge < -0.3 is 20.4 Å². The lowest BCUT2D eigenvalue weighted by molar-refractivity contribution is -0.134. The van der Waals surface area contributed by atoms with Crippen molar-refractivity contribution in [1.82, 2.24) is 25.2 Å². The molecule has 3 fully saturated rings. The maximum Gasteiger partial charge on any atom is 0.249 e. The number of amides is 3. The fourth-order valence-corrected chi connectivity index (χ4v) is 10.6. The van der Waals surface area contributed by atoms with Crippen LogP contribution in [0.4, 0.5) is 33.1 Å². The molecule has 0 radical (unpaired) electrons. The molecule has 0 unspecified atom stereocenters. The number of sulfonamides is 1. The van der Waals surface area contributed by atoms with Crippen molar-refractivity contribution in [1.29, 1.82) is 0 Å². The third kappa shape index (κ3) is 10.6. The number of anilines is 5. The predicted octanol–water partition coefficient (Wildman–Crippen LogP) is 7.84. The second-order valence-electron chi connectivity index (χ2n) is 16.5. The first-order valence-electron chi connectivity index (χ1n) is 21.6. The quantitative estimate of drug-likeness (QED) is 0.0799. The van der Waals surface area contributed by atoms with E-state index >= 15 is 4.39 Å². The SMILES string of the molecule is CCCS(=O)(=O)Nc1cccc(-c2nc(C)sc2-c2ccnc(Nc3ccc(C4CCN(C(=O)CC5CCN(c6ccc(N[C@H]7CCC(=O)NC7=O)cc6)CC5)CC4)cc3)n2)c1F. The largest absolute Gasteiger partial charge is 0.374 e. The normalized spacial score (nSPS) is 17.7. The number of nitrogens with zero attached hydrogens (tertiary/aromatic N) is 5. The number of carbonyl (C=O) groups is 3. The number of thiazole rings is 1. The number of halogens is 1. The Kier molecular flexibility index (Phi) is 13.3. The Labute approximate surface area is 371 Å². The maximum atomic E-state index is 15.8. The Morgan fingerprint density at radius 3 is 2.35 bits per heavy atom. The predicted molar refractivity (Wildman–Crippen MR) is 245 cm³/mol. The fourth-order valence-electron chi connectivity index (χ4n) is 8.61. The summed E-state index contributed by atoms with van der Waals surface area (Å²) in [4.78, 5) is 55.8. The number of hydrogen-bond donors (Lipinski definition) is 4. The molecule has 0 spiro atoms. The third-order valence-electron chi connectivity index (χ3n) is 12.0. The molecule has 4 N–H and O–H groups in total. The number of nitrogens with one attached hydrogen (secondary N) is 4. The smallest absolute Gasteiger partial charge is 0.249 e. The van der Waals surface area contributed by atoms with Gasteiger partial charge in [-0.3, -0.25) is 24.4 Å². The van der Waals surface area contributed by atoms with E-state index in [-0.39, 0.29) is 34.7 Å². The van der Waals surface area contributed by atoms with Crippen LogP contribution in [0, 0.1) is 18.7 Å². The molecule has 0 bridgehead atoms. The summed E-state index contributed by atoms with van der Waals surface area (Å²) in [5, 5.41) is 9.61. The molecule has 0 aliphatic carbocycles. The monoisotopic (exact) mass is 893 g/mol. The van der Waals surface area contributed by atoms with E-state index in [1.54, 1.807) is 31.3 Å². The van der Waals surface area contributed by atoms with Gasteiger partial charge in [0.2, 0.25) is 33.7 Å². The second kappa shape index (κ2) is 19.2. The molecule has 3 aliphatic heterocycles. The number of carbonyl (C=O) groups excluding carboxylic acids is 3. The Hall–Kier alpha value is -5.94. The van der Waals surface area contributed by atoms with Crippen molar-refractivity contribution in [2.45, 2.75) is 77.2 Å². The number of piperidine rings is 3. The zero-order valence-corrected chi connectivity index (χ0v) is 37.0. The molecule has 2 aromatic heterocycles. The summed E-state index contributed by atoms with van der Waals surface area (Å²) in [5.74, 6) is -0.00432.